The molecule has 1 aliphatic rings. The third-order valence-corrected chi connectivity index (χ3v) is 3.72. The first-order chi connectivity index (χ1) is 10.8. The van der Waals surface area contributed by atoms with Crippen molar-refractivity contribution in [2.75, 3.05) is 0 Å². The predicted molar refractivity (Wildman–Crippen MR) is 83.4 cm³/mol. The number of amides is 1. The van der Waals surface area contributed by atoms with E-state index in [0.29, 0.717) is 13.1 Å². The second-order valence-corrected chi connectivity index (χ2v) is 6.62. The zero-order chi connectivity index (χ0) is 16.8. The fraction of sp³-hybridized carbons (Fsp3) is 0.600. The van der Waals surface area contributed by atoms with E-state index in [1.807, 2.05) is 27.8 Å². The smallest absolute Gasteiger partial charge is 0.410 e. The maximum absolute atomic E-state index is 12.2. The fourth-order valence-corrected chi connectivity index (χ4v) is 2.72. The van der Waals surface area contributed by atoms with E-state index in [4.69, 9.17) is 4.74 Å². The molecule has 3 rings (SSSR count). The number of hydrogen-bond acceptors (Lipinski definition) is 5. The molecule has 1 aliphatic heterocycles. The predicted octanol–water partition coefficient (Wildman–Crippen LogP) is 1.95. The normalized spacial score (nSPS) is 14.2. The van der Waals surface area contributed by atoms with Crippen LogP contribution in [0.2, 0.25) is 0 Å². The van der Waals surface area contributed by atoms with Gasteiger partial charge in [-0.2, -0.15) is 5.10 Å². The molecule has 0 spiro atoms. The van der Waals surface area contributed by atoms with Crippen LogP contribution in [0.5, 0.6) is 0 Å². The summed E-state index contributed by atoms with van der Waals surface area (Å²) >= 11 is 0. The molecule has 0 bridgehead atoms. The molecule has 23 heavy (non-hydrogen) atoms. The van der Waals surface area contributed by atoms with Crippen molar-refractivity contribution in [1.29, 1.82) is 0 Å². The minimum atomic E-state index is -0.498. The summed E-state index contributed by atoms with van der Waals surface area (Å²) in [6, 6.07) is 0. The Kier molecular flexibility index (Phi) is 3.62. The molecule has 0 unspecified atom stereocenters. The van der Waals surface area contributed by atoms with Gasteiger partial charge < -0.3 is 9.30 Å². The molecular weight excluding hydrogens is 296 g/mol. The van der Waals surface area contributed by atoms with Crippen molar-refractivity contribution in [3.63, 3.8) is 0 Å². The maximum Gasteiger partial charge on any atom is 0.410 e. The molecule has 0 radical (unpaired) electrons. The molecule has 0 N–H and O–H groups in total. The van der Waals surface area contributed by atoms with Crippen molar-refractivity contribution >= 4 is 6.09 Å². The Hall–Kier alpha value is -2.38. The van der Waals surface area contributed by atoms with Gasteiger partial charge in [0.15, 0.2) is 11.6 Å². The number of carbonyl (C=O) groups excluding carboxylic acids is 1. The van der Waals surface area contributed by atoms with Gasteiger partial charge >= 0.3 is 6.09 Å². The maximum atomic E-state index is 12.2. The molecule has 2 aromatic heterocycles. The van der Waals surface area contributed by atoms with Crippen molar-refractivity contribution in [2.24, 2.45) is 7.05 Å². The number of aromatic nitrogens is 5. The Morgan fingerprint density at radius 3 is 2.61 bits per heavy atom. The van der Waals surface area contributed by atoms with E-state index in [9.17, 15) is 4.79 Å². The number of aryl methyl sites for hydroxylation is 1. The summed E-state index contributed by atoms with van der Waals surface area (Å²) < 4.78 is 9.23. The number of rotatable bonds is 2. The summed E-state index contributed by atoms with van der Waals surface area (Å²) in [5.74, 6) is 1.52. The highest BCUT2D eigenvalue weighted by molar-refractivity contribution is 5.69. The van der Waals surface area contributed by atoms with Gasteiger partial charge in [-0.15, -0.1) is 0 Å². The lowest BCUT2D eigenvalue weighted by Gasteiger charge is -2.24. The second kappa shape index (κ2) is 5.36. The molecule has 3 heterocycles. The fourth-order valence-electron chi connectivity index (χ4n) is 2.72. The summed E-state index contributed by atoms with van der Waals surface area (Å²) in [6.45, 7) is 9.37. The van der Waals surface area contributed by atoms with Gasteiger partial charge in [-0.3, -0.25) is 4.90 Å². The summed E-state index contributed by atoms with van der Waals surface area (Å²) in [5, 5.41) is 4.10. The van der Waals surface area contributed by atoms with Crippen LogP contribution >= 0.6 is 0 Å². The van der Waals surface area contributed by atoms with E-state index in [1.54, 1.807) is 9.58 Å². The molecule has 1 amide bonds. The standard InChI is InChI=1S/C15H22N6O2/c1-6-21-11-8-20(14(22)23-15(2,3)4)7-10(11)18-13(21)12-16-9-17-19(12)5/h9H,6-8H2,1-5H3. The van der Waals surface area contributed by atoms with E-state index >= 15 is 0 Å². The second-order valence-electron chi connectivity index (χ2n) is 6.62. The highest BCUT2D eigenvalue weighted by atomic mass is 16.6. The summed E-state index contributed by atoms with van der Waals surface area (Å²) in [6.07, 6.45) is 1.21. The van der Waals surface area contributed by atoms with Crippen LogP contribution in [0.1, 0.15) is 39.1 Å². The summed E-state index contributed by atoms with van der Waals surface area (Å²) in [4.78, 5) is 22.9. The van der Waals surface area contributed by atoms with Crippen molar-refractivity contribution in [2.45, 2.75) is 52.9 Å². The van der Waals surface area contributed by atoms with Crippen molar-refractivity contribution in [3.8, 4) is 11.6 Å². The van der Waals surface area contributed by atoms with E-state index < -0.39 is 5.60 Å². The molecule has 0 aliphatic carbocycles. The first-order valence-electron chi connectivity index (χ1n) is 7.70. The number of carbonyl (C=O) groups is 1. The van der Waals surface area contributed by atoms with Crippen LogP contribution in [-0.2, 0) is 31.4 Å². The van der Waals surface area contributed by atoms with Crippen molar-refractivity contribution in [1.82, 2.24) is 29.2 Å². The number of fused-ring (bicyclic) bond motifs is 1. The molecular formula is C15H22N6O2. The van der Waals surface area contributed by atoms with E-state index in [2.05, 4.69) is 26.6 Å². The van der Waals surface area contributed by atoms with Crippen LogP contribution in [0, 0.1) is 0 Å². The van der Waals surface area contributed by atoms with E-state index in [0.717, 1.165) is 29.6 Å². The van der Waals surface area contributed by atoms with E-state index in [-0.39, 0.29) is 6.09 Å². The van der Waals surface area contributed by atoms with Gasteiger partial charge in [-0.1, -0.05) is 0 Å². The lowest BCUT2D eigenvalue weighted by Crippen LogP contribution is -2.33. The molecule has 8 nitrogen and oxygen atoms in total. The Bertz CT molecular complexity index is 740. The summed E-state index contributed by atoms with van der Waals surface area (Å²) in [5.41, 5.74) is 1.44. The van der Waals surface area contributed by atoms with Crippen molar-refractivity contribution in [3.05, 3.63) is 17.7 Å². The van der Waals surface area contributed by atoms with Crippen LogP contribution in [0.15, 0.2) is 6.33 Å². The number of hydrogen-bond donors (Lipinski definition) is 0. The average molecular weight is 318 g/mol. The lowest BCUT2D eigenvalue weighted by atomic mass is 10.2. The Balaban J connectivity index is 1.86. The van der Waals surface area contributed by atoms with Gasteiger partial charge in [-0.05, 0) is 27.7 Å². The SMILES string of the molecule is CCn1c(-c2ncnn2C)nc2c1CN(C(=O)OC(C)(C)C)C2. The highest BCUT2D eigenvalue weighted by Crippen LogP contribution is 2.29. The minimum absolute atomic E-state index is 0.307. The Morgan fingerprint density at radius 2 is 2.04 bits per heavy atom. The molecule has 0 fully saturated rings. The molecule has 0 aromatic carbocycles. The minimum Gasteiger partial charge on any atom is -0.444 e. The average Bonchev–Trinajstić information content (AvgIpc) is 3.09. The first kappa shape index (κ1) is 15.5. The quantitative estimate of drug-likeness (QED) is 0.845. The van der Waals surface area contributed by atoms with Crippen LogP contribution in [-0.4, -0.2) is 40.9 Å². The van der Waals surface area contributed by atoms with Gasteiger partial charge in [-0.25, -0.2) is 19.4 Å². The van der Waals surface area contributed by atoms with Crippen LogP contribution < -0.4 is 0 Å². The lowest BCUT2D eigenvalue weighted by molar-refractivity contribution is 0.0237. The van der Waals surface area contributed by atoms with Gasteiger partial charge in [0, 0.05) is 13.6 Å². The van der Waals surface area contributed by atoms with Gasteiger partial charge in [0.25, 0.3) is 0 Å². The third kappa shape index (κ3) is 2.80. The number of nitrogens with zero attached hydrogens (tertiary/aromatic N) is 6. The molecule has 8 heteroatoms. The molecule has 124 valence electrons. The summed E-state index contributed by atoms with van der Waals surface area (Å²) in [7, 11) is 1.84. The van der Waals surface area contributed by atoms with Gasteiger partial charge in [0.1, 0.15) is 11.9 Å². The molecule has 0 saturated carbocycles. The molecule has 0 saturated heterocycles. The zero-order valence-corrected chi connectivity index (χ0v) is 14.2. The van der Waals surface area contributed by atoms with Gasteiger partial charge in [0.2, 0.25) is 0 Å². The Morgan fingerprint density at radius 1 is 1.30 bits per heavy atom. The molecule has 2 aromatic rings. The van der Waals surface area contributed by atoms with E-state index in [1.165, 1.54) is 6.33 Å². The van der Waals surface area contributed by atoms with Crippen LogP contribution in [0.4, 0.5) is 4.79 Å². The molecule has 0 atom stereocenters. The Labute approximate surface area is 135 Å². The number of imidazole rings is 1. The van der Waals surface area contributed by atoms with Gasteiger partial charge in [0.05, 0.1) is 24.5 Å². The third-order valence-electron chi connectivity index (χ3n) is 3.72. The topological polar surface area (TPSA) is 78.1 Å². The number of ether oxygens (including phenoxy) is 1. The van der Waals surface area contributed by atoms with Crippen LogP contribution in [0.25, 0.3) is 11.6 Å². The largest absolute Gasteiger partial charge is 0.444 e. The van der Waals surface area contributed by atoms with Crippen LogP contribution in [0.3, 0.4) is 0 Å². The monoisotopic (exact) mass is 318 g/mol. The highest BCUT2D eigenvalue weighted by Gasteiger charge is 2.33. The first-order valence-corrected chi connectivity index (χ1v) is 7.70. The van der Waals surface area contributed by atoms with Crippen molar-refractivity contribution < 1.29 is 9.53 Å². The zero-order valence-electron chi connectivity index (χ0n) is 14.2.